The molecule has 0 atom stereocenters. The van der Waals surface area contributed by atoms with Gasteiger partial charge in [0.1, 0.15) is 12.4 Å². The SMILES string of the molecule is CCNS(=O)(=O)c1ccc(OC/C(=C\F)CN)cc1.Cl. The van der Waals surface area contributed by atoms with E-state index in [2.05, 4.69) is 4.72 Å². The number of benzene rings is 1. The van der Waals surface area contributed by atoms with Crippen molar-refractivity contribution in [3.8, 4) is 5.75 Å². The molecular weight excluding hydrogens is 307 g/mol. The molecule has 0 aliphatic rings. The number of ether oxygens (including phenoxy) is 1. The zero-order chi connectivity index (χ0) is 14.3. The third kappa shape index (κ3) is 5.46. The third-order valence-electron chi connectivity index (χ3n) is 2.31. The summed E-state index contributed by atoms with van der Waals surface area (Å²) in [6, 6.07) is 5.87. The summed E-state index contributed by atoms with van der Waals surface area (Å²) >= 11 is 0. The molecule has 0 saturated carbocycles. The summed E-state index contributed by atoms with van der Waals surface area (Å²) in [6.45, 7) is 2.13. The normalized spacial score (nSPS) is 11.8. The van der Waals surface area contributed by atoms with Crippen LogP contribution in [0.5, 0.6) is 5.75 Å². The molecule has 8 heteroatoms. The Morgan fingerprint density at radius 3 is 2.45 bits per heavy atom. The van der Waals surface area contributed by atoms with Crippen LogP contribution in [0.1, 0.15) is 6.92 Å². The standard InChI is InChI=1S/C12H17FN2O3S.ClH/c1-2-15-19(16,17)12-5-3-11(4-6-12)18-9-10(7-13)8-14;/h3-7,15H,2,8-9,14H2,1H3;1H/b10-7-;. The van der Waals surface area contributed by atoms with Crippen LogP contribution < -0.4 is 15.2 Å². The molecular formula is C12H18ClFN2O3S. The molecule has 0 unspecified atom stereocenters. The molecule has 0 saturated heterocycles. The maximum atomic E-state index is 12.3. The highest BCUT2D eigenvalue weighted by molar-refractivity contribution is 7.89. The summed E-state index contributed by atoms with van der Waals surface area (Å²) in [5.74, 6) is 0.447. The number of sulfonamides is 1. The Morgan fingerprint density at radius 2 is 2.00 bits per heavy atom. The van der Waals surface area contributed by atoms with Gasteiger partial charge in [0, 0.05) is 18.7 Å². The Bertz CT molecular complexity index is 532. The van der Waals surface area contributed by atoms with Gasteiger partial charge in [-0.2, -0.15) is 0 Å². The topological polar surface area (TPSA) is 81.4 Å². The van der Waals surface area contributed by atoms with Crippen molar-refractivity contribution in [1.82, 2.24) is 4.72 Å². The highest BCUT2D eigenvalue weighted by Gasteiger charge is 2.12. The van der Waals surface area contributed by atoms with E-state index in [1.165, 1.54) is 24.3 Å². The van der Waals surface area contributed by atoms with Gasteiger partial charge in [0.25, 0.3) is 0 Å². The Balaban J connectivity index is 0.00000361. The minimum atomic E-state index is -3.46. The number of rotatable bonds is 7. The fourth-order valence-electron chi connectivity index (χ4n) is 1.30. The monoisotopic (exact) mass is 324 g/mol. The maximum absolute atomic E-state index is 12.3. The minimum Gasteiger partial charge on any atom is -0.489 e. The van der Waals surface area contributed by atoms with Gasteiger partial charge in [-0.15, -0.1) is 12.4 Å². The highest BCUT2D eigenvalue weighted by atomic mass is 35.5. The lowest BCUT2D eigenvalue weighted by atomic mass is 10.3. The van der Waals surface area contributed by atoms with Crippen molar-refractivity contribution in [2.75, 3.05) is 19.7 Å². The second-order valence-electron chi connectivity index (χ2n) is 3.73. The average Bonchev–Trinajstić information content (AvgIpc) is 2.40. The van der Waals surface area contributed by atoms with Crippen LogP contribution in [0.15, 0.2) is 41.1 Å². The summed E-state index contributed by atoms with van der Waals surface area (Å²) in [6.07, 6.45) is 0.407. The average molecular weight is 325 g/mol. The van der Waals surface area contributed by atoms with Crippen LogP contribution in [-0.2, 0) is 10.0 Å². The number of nitrogens with two attached hydrogens (primary N) is 1. The summed E-state index contributed by atoms with van der Waals surface area (Å²) in [7, 11) is -3.46. The first-order valence-electron chi connectivity index (χ1n) is 5.74. The van der Waals surface area contributed by atoms with Crippen molar-refractivity contribution in [2.24, 2.45) is 5.73 Å². The van der Waals surface area contributed by atoms with E-state index in [9.17, 15) is 12.8 Å². The van der Waals surface area contributed by atoms with Gasteiger partial charge in [0.2, 0.25) is 10.0 Å². The molecule has 0 aromatic heterocycles. The van der Waals surface area contributed by atoms with E-state index < -0.39 is 10.0 Å². The van der Waals surface area contributed by atoms with Gasteiger partial charge in [0.15, 0.2) is 0 Å². The fourth-order valence-corrected chi connectivity index (χ4v) is 2.34. The Labute approximate surface area is 124 Å². The molecule has 0 aliphatic carbocycles. The quantitative estimate of drug-likeness (QED) is 0.798. The summed E-state index contributed by atoms with van der Waals surface area (Å²) in [5.41, 5.74) is 5.61. The zero-order valence-electron chi connectivity index (χ0n) is 11.0. The van der Waals surface area contributed by atoms with Gasteiger partial charge < -0.3 is 10.5 Å². The lowest BCUT2D eigenvalue weighted by molar-refractivity contribution is 0.347. The summed E-state index contributed by atoms with van der Waals surface area (Å²) in [5, 5.41) is 0. The molecule has 1 aromatic rings. The fraction of sp³-hybridized carbons (Fsp3) is 0.333. The molecule has 0 radical (unpaired) electrons. The smallest absolute Gasteiger partial charge is 0.240 e. The Kier molecular flexibility index (Phi) is 8.40. The molecule has 0 amide bonds. The largest absolute Gasteiger partial charge is 0.489 e. The van der Waals surface area contributed by atoms with Crippen LogP contribution in [0.2, 0.25) is 0 Å². The molecule has 20 heavy (non-hydrogen) atoms. The minimum absolute atomic E-state index is 0. The Morgan fingerprint density at radius 1 is 1.40 bits per heavy atom. The predicted molar refractivity (Wildman–Crippen MR) is 78.3 cm³/mol. The van der Waals surface area contributed by atoms with Gasteiger partial charge in [0.05, 0.1) is 11.2 Å². The molecule has 0 fully saturated rings. The number of hydrogen-bond donors (Lipinski definition) is 2. The van der Waals surface area contributed by atoms with Crippen LogP contribution in [0.25, 0.3) is 0 Å². The molecule has 3 N–H and O–H groups in total. The molecule has 0 heterocycles. The van der Waals surface area contributed by atoms with Crippen molar-refractivity contribution in [3.63, 3.8) is 0 Å². The van der Waals surface area contributed by atoms with E-state index in [0.29, 0.717) is 24.2 Å². The summed E-state index contributed by atoms with van der Waals surface area (Å²) < 4.78 is 43.3. The van der Waals surface area contributed by atoms with Gasteiger partial charge in [-0.25, -0.2) is 17.5 Å². The molecule has 0 spiro atoms. The van der Waals surface area contributed by atoms with Gasteiger partial charge in [-0.3, -0.25) is 0 Å². The van der Waals surface area contributed by atoms with Gasteiger partial charge >= 0.3 is 0 Å². The molecule has 1 aromatic carbocycles. The first-order valence-corrected chi connectivity index (χ1v) is 7.22. The molecule has 0 aliphatic heterocycles. The second kappa shape index (κ2) is 8.91. The lowest BCUT2D eigenvalue weighted by Gasteiger charge is -2.08. The first kappa shape index (κ1) is 18.9. The zero-order valence-corrected chi connectivity index (χ0v) is 12.6. The van der Waals surface area contributed by atoms with Crippen molar-refractivity contribution in [3.05, 3.63) is 36.2 Å². The number of hydrogen-bond acceptors (Lipinski definition) is 4. The summed E-state index contributed by atoms with van der Waals surface area (Å²) in [4.78, 5) is 0.154. The number of halogens is 2. The lowest BCUT2D eigenvalue weighted by Crippen LogP contribution is -2.23. The maximum Gasteiger partial charge on any atom is 0.240 e. The molecule has 0 bridgehead atoms. The van der Waals surface area contributed by atoms with Crippen molar-refractivity contribution in [1.29, 1.82) is 0 Å². The van der Waals surface area contributed by atoms with Crippen LogP contribution in [0, 0.1) is 0 Å². The van der Waals surface area contributed by atoms with Crippen LogP contribution >= 0.6 is 12.4 Å². The van der Waals surface area contributed by atoms with Crippen molar-refractivity contribution in [2.45, 2.75) is 11.8 Å². The third-order valence-corrected chi connectivity index (χ3v) is 3.87. The number of nitrogens with one attached hydrogen (secondary N) is 1. The van der Waals surface area contributed by atoms with E-state index in [1.807, 2.05) is 0 Å². The first-order chi connectivity index (χ1) is 9.03. The van der Waals surface area contributed by atoms with Gasteiger partial charge in [-0.05, 0) is 24.3 Å². The van der Waals surface area contributed by atoms with Crippen LogP contribution in [0.3, 0.4) is 0 Å². The second-order valence-corrected chi connectivity index (χ2v) is 5.50. The Hall–Kier alpha value is -1.15. The van der Waals surface area contributed by atoms with Crippen LogP contribution in [-0.4, -0.2) is 28.1 Å². The van der Waals surface area contributed by atoms with Gasteiger partial charge in [-0.1, -0.05) is 6.92 Å². The molecule has 5 nitrogen and oxygen atoms in total. The van der Waals surface area contributed by atoms with E-state index in [0.717, 1.165) is 0 Å². The van der Waals surface area contributed by atoms with E-state index >= 15 is 0 Å². The molecule has 114 valence electrons. The van der Waals surface area contributed by atoms with Crippen molar-refractivity contribution < 1.29 is 17.5 Å². The predicted octanol–water partition coefficient (Wildman–Crippen LogP) is 1.60. The van der Waals surface area contributed by atoms with E-state index in [4.69, 9.17) is 10.5 Å². The molecule has 1 rings (SSSR count). The van der Waals surface area contributed by atoms with Crippen LogP contribution in [0.4, 0.5) is 4.39 Å². The van der Waals surface area contributed by atoms with E-state index in [-0.39, 0.29) is 30.5 Å². The van der Waals surface area contributed by atoms with E-state index in [1.54, 1.807) is 6.92 Å². The highest BCUT2D eigenvalue weighted by Crippen LogP contribution is 2.16. The van der Waals surface area contributed by atoms with Crippen molar-refractivity contribution >= 4 is 22.4 Å².